The van der Waals surface area contributed by atoms with Crippen molar-refractivity contribution in [3.63, 3.8) is 0 Å². The number of pyridine rings is 1. The maximum absolute atomic E-state index is 13.4. The number of anilines is 1. The van der Waals surface area contributed by atoms with Gasteiger partial charge in [-0.05, 0) is 47.5 Å². The molecular weight excluding hydrogens is 400 g/mol. The molecule has 0 spiro atoms. The van der Waals surface area contributed by atoms with E-state index in [0.717, 1.165) is 22.5 Å². The Balaban J connectivity index is 1.46. The van der Waals surface area contributed by atoms with Crippen LogP contribution in [0.4, 0.5) is 5.69 Å². The first kappa shape index (κ1) is 19.8. The van der Waals surface area contributed by atoms with Crippen LogP contribution in [0.2, 0.25) is 0 Å². The molecule has 0 atom stereocenters. The van der Waals surface area contributed by atoms with E-state index in [9.17, 15) is 9.59 Å². The van der Waals surface area contributed by atoms with Crippen LogP contribution in [0.3, 0.4) is 0 Å². The van der Waals surface area contributed by atoms with E-state index in [1.807, 2.05) is 83.4 Å². The minimum atomic E-state index is -0.152. The molecule has 2 aromatic carbocycles. The first-order chi connectivity index (χ1) is 15.7. The van der Waals surface area contributed by atoms with E-state index in [1.54, 1.807) is 17.3 Å². The molecule has 0 radical (unpaired) electrons. The summed E-state index contributed by atoms with van der Waals surface area (Å²) in [5.74, 6) is -0.212. The van der Waals surface area contributed by atoms with Gasteiger partial charge in [-0.3, -0.25) is 14.6 Å². The number of amides is 2. The van der Waals surface area contributed by atoms with Crippen LogP contribution in [0, 0.1) is 0 Å². The zero-order valence-electron chi connectivity index (χ0n) is 17.4. The molecule has 5 rings (SSSR count). The third-order valence-corrected chi connectivity index (χ3v) is 5.68. The van der Waals surface area contributed by atoms with Crippen LogP contribution in [0.15, 0.2) is 91.3 Å². The second kappa shape index (κ2) is 8.51. The molecule has 1 aliphatic rings. The molecule has 0 bridgehead atoms. The van der Waals surface area contributed by atoms with Gasteiger partial charge in [-0.2, -0.15) is 0 Å². The largest absolute Gasteiger partial charge is 0.347 e. The lowest BCUT2D eigenvalue weighted by Crippen LogP contribution is -2.30. The third kappa shape index (κ3) is 3.78. The summed E-state index contributed by atoms with van der Waals surface area (Å²) in [6, 6.07) is 24.7. The summed E-state index contributed by atoms with van der Waals surface area (Å²) >= 11 is 0. The van der Waals surface area contributed by atoms with Gasteiger partial charge in [0.15, 0.2) is 0 Å². The van der Waals surface area contributed by atoms with Gasteiger partial charge in [0.05, 0.1) is 13.1 Å². The molecule has 2 amide bonds. The number of benzene rings is 2. The lowest BCUT2D eigenvalue weighted by molar-refractivity contribution is 0.0941. The topological polar surface area (TPSA) is 67.2 Å². The highest BCUT2D eigenvalue weighted by atomic mass is 16.2. The van der Waals surface area contributed by atoms with E-state index in [4.69, 9.17) is 0 Å². The number of hydrogen-bond donors (Lipinski definition) is 1. The number of aromatic nitrogens is 2. The first-order valence-corrected chi connectivity index (χ1v) is 10.5. The molecule has 6 nitrogen and oxygen atoms in total. The van der Waals surface area contributed by atoms with Crippen LogP contribution >= 0.6 is 0 Å². The van der Waals surface area contributed by atoms with Gasteiger partial charge in [0.1, 0.15) is 5.69 Å². The number of nitrogens with zero attached hydrogens (tertiary/aromatic N) is 3. The van der Waals surface area contributed by atoms with Gasteiger partial charge in [0, 0.05) is 35.9 Å². The molecule has 6 heteroatoms. The number of nitrogens with one attached hydrogen (secondary N) is 1. The van der Waals surface area contributed by atoms with Crippen molar-refractivity contribution in [1.29, 1.82) is 0 Å². The number of fused-ring (bicyclic) bond motifs is 2. The van der Waals surface area contributed by atoms with E-state index in [2.05, 4.69) is 10.3 Å². The Kier molecular flexibility index (Phi) is 5.25. The highest BCUT2D eigenvalue weighted by Crippen LogP contribution is 2.30. The zero-order chi connectivity index (χ0) is 21.9. The number of carbonyl (C=O) groups excluding carboxylic acids is 2. The average molecular weight is 422 g/mol. The van der Waals surface area contributed by atoms with Crippen LogP contribution in [-0.4, -0.2) is 21.4 Å². The fourth-order valence-electron chi connectivity index (χ4n) is 4.05. The van der Waals surface area contributed by atoms with Gasteiger partial charge in [-0.15, -0.1) is 0 Å². The van der Waals surface area contributed by atoms with Gasteiger partial charge in [-0.25, -0.2) is 0 Å². The summed E-state index contributed by atoms with van der Waals surface area (Å²) in [7, 11) is 0. The minimum absolute atomic E-state index is 0.0599. The molecule has 0 unspecified atom stereocenters. The lowest BCUT2D eigenvalue weighted by atomic mass is 10.1. The highest BCUT2D eigenvalue weighted by Gasteiger charge is 2.27. The Hall–Kier alpha value is -4.19. The summed E-state index contributed by atoms with van der Waals surface area (Å²) in [4.78, 5) is 32.2. The molecular formula is C26H22N4O2. The highest BCUT2D eigenvalue weighted by molar-refractivity contribution is 6.06. The van der Waals surface area contributed by atoms with Crippen LogP contribution in [0.1, 0.15) is 37.7 Å². The molecule has 0 aliphatic carbocycles. The van der Waals surface area contributed by atoms with Crippen LogP contribution in [0.5, 0.6) is 0 Å². The van der Waals surface area contributed by atoms with Crippen molar-refractivity contribution in [2.75, 3.05) is 4.90 Å². The molecule has 2 aromatic heterocycles. The van der Waals surface area contributed by atoms with Crippen molar-refractivity contribution < 1.29 is 9.59 Å². The molecule has 4 aromatic rings. The predicted molar refractivity (Wildman–Crippen MR) is 122 cm³/mol. The summed E-state index contributed by atoms with van der Waals surface area (Å²) in [6.07, 6.45) is 3.44. The van der Waals surface area contributed by atoms with Gasteiger partial charge in [0.25, 0.3) is 11.8 Å². The fourth-order valence-corrected chi connectivity index (χ4v) is 4.05. The Bertz CT molecular complexity index is 1270. The predicted octanol–water partition coefficient (Wildman–Crippen LogP) is 4.02. The molecule has 32 heavy (non-hydrogen) atoms. The fraction of sp³-hybridized carbons (Fsp3) is 0.115. The first-order valence-electron chi connectivity index (χ1n) is 10.5. The maximum Gasteiger partial charge on any atom is 0.268 e. The van der Waals surface area contributed by atoms with Gasteiger partial charge in [-0.1, -0.05) is 42.5 Å². The Labute approximate surface area is 186 Å². The van der Waals surface area contributed by atoms with E-state index < -0.39 is 0 Å². The summed E-state index contributed by atoms with van der Waals surface area (Å²) in [5, 5.41) is 2.98. The van der Waals surface area contributed by atoms with Crippen LogP contribution in [-0.2, 0) is 19.6 Å². The second-order valence-corrected chi connectivity index (χ2v) is 7.73. The van der Waals surface area contributed by atoms with Crippen molar-refractivity contribution in [1.82, 2.24) is 14.9 Å². The van der Waals surface area contributed by atoms with Crippen molar-refractivity contribution in [2.24, 2.45) is 0 Å². The normalized spacial score (nSPS) is 12.4. The quantitative estimate of drug-likeness (QED) is 0.540. The number of carbonyl (C=O) groups is 2. The van der Waals surface area contributed by atoms with Crippen molar-refractivity contribution in [3.8, 4) is 0 Å². The van der Waals surface area contributed by atoms with Crippen molar-refractivity contribution >= 4 is 17.5 Å². The van der Waals surface area contributed by atoms with Gasteiger partial charge >= 0.3 is 0 Å². The molecule has 158 valence electrons. The maximum atomic E-state index is 13.4. The van der Waals surface area contributed by atoms with E-state index >= 15 is 0 Å². The standard InChI is InChI=1S/C26H22N4O2/c31-25(28-16-19-7-6-14-27-15-19)24-13-12-22-18-30(26(32)20-8-2-1-3-9-20)23-11-5-4-10-21(23)17-29(22)24/h1-15H,16-18H2,(H,28,31). The average Bonchev–Trinajstić information content (AvgIpc) is 3.16. The molecule has 3 heterocycles. The molecule has 0 fully saturated rings. The number of para-hydroxylation sites is 1. The zero-order valence-corrected chi connectivity index (χ0v) is 17.4. The minimum Gasteiger partial charge on any atom is -0.347 e. The Morgan fingerprint density at radius 2 is 1.69 bits per heavy atom. The number of rotatable bonds is 4. The van der Waals surface area contributed by atoms with Crippen LogP contribution in [0.25, 0.3) is 0 Å². The summed E-state index contributed by atoms with van der Waals surface area (Å²) in [5.41, 5.74) is 4.93. The monoisotopic (exact) mass is 422 g/mol. The lowest BCUT2D eigenvalue weighted by Gasteiger charge is -2.22. The van der Waals surface area contributed by atoms with E-state index in [-0.39, 0.29) is 11.8 Å². The Morgan fingerprint density at radius 1 is 0.875 bits per heavy atom. The molecule has 1 N–H and O–H groups in total. The van der Waals surface area contributed by atoms with Gasteiger partial charge < -0.3 is 14.8 Å². The second-order valence-electron chi connectivity index (χ2n) is 7.73. The van der Waals surface area contributed by atoms with Gasteiger partial charge in [0.2, 0.25) is 0 Å². The van der Waals surface area contributed by atoms with Crippen molar-refractivity contribution in [2.45, 2.75) is 19.6 Å². The van der Waals surface area contributed by atoms with E-state index in [1.165, 1.54) is 0 Å². The molecule has 0 saturated carbocycles. The Morgan fingerprint density at radius 3 is 2.50 bits per heavy atom. The van der Waals surface area contributed by atoms with E-state index in [0.29, 0.717) is 30.9 Å². The molecule has 0 saturated heterocycles. The summed E-state index contributed by atoms with van der Waals surface area (Å²) < 4.78 is 2.00. The van der Waals surface area contributed by atoms with Crippen LogP contribution < -0.4 is 10.2 Å². The third-order valence-electron chi connectivity index (χ3n) is 5.68. The molecule has 1 aliphatic heterocycles. The SMILES string of the molecule is O=C(NCc1cccnc1)c1ccc2n1Cc1ccccc1N(C(=O)c1ccccc1)C2. The van der Waals surface area contributed by atoms with Crippen molar-refractivity contribution in [3.05, 3.63) is 119 Å². The summed E-state index contributed by atoms with van der Waals surface area (Å²) in [6.45, 7) is 1.32. The number of hydrogen-bond acceptors (Lipinski definition) is 3. The smallest absolute Gasteiger partial charge is 0.268 e.